The molecule has 0 N–H and O–H groups in total. The summed E-state index contributed by atoms with van der Waals surface area (Å²) in [6.45, 7) is 53.0. The highest BCUT2D eigenvalue weighted by molar-refractivity contribution is 5.01. The van der Waals surface area contributed by atoms with Gasteiger partial charge in [-0.3, -0.25) is 29.4 Å². The van der Waals surface area contributed by atoms with Crippen LogP contribution in [0.1, 0.15) is 135 Å². The van der Waals surface area contributed by atoms with Gasteiger partial charge in [-0.2, -0.15) is 0 Å². The molecule has 0 bridgehead atoms. The average molecular weight is 1040 g/mol. The van der Waals surface area contributed by atoms with E-state index < -0.39 is 0 Å². The number of hydrogen-bond acceptors (Lipinski definition) is 12. The molecule has 12 fully saturated rings. The molecule has 11 heterocycles. The summed E-state index contributed by atoms with van der Waals surface area (Å²) in [6.07, 6.45) is 10.6. The zero-order valence-electron chi connectivity index (χ0n) is 52.0. The van der Waals surface area contributed by atoms with Crippen molar-refractivity contribution in [2.24, 2.45) is 41.4 Å². The minimum Gasteiger partial charge on any atom is -0.374 e. The lowest BCUT2D eigenvalue weighted by molar-refractivity contribution is -0.0371. The van der Waals surface area contributed by atoms with Crippen molar-refractivity contribution in [1.29, 1.82) is 0 Å². The van der Waals surface area contributed by atoms with Gasteiger partial charge in [-0.05, 0) is 219 Å². The third-order valence-electron chi connectivity index (χ3n) is 21.7. The Morgan fingerprint density at radius 2 is 0.811 bits per heavy atom. The van der Waals surface area contributed by atoms with Gasteiger partial charge in [0.2, 0.25) is 0 Å². The van der Waals surface area contributed by atoms with E-state index in [-0.39, 0.29) is 0 Å². The van der Waals surface area contributed by atoms with Crippen LogP contribution in [-0.4, -0.2) is 280 Å². The molecule has 0 amide bonds. The van der Waals surface area contributed by atoms with Crippen LogP contribution in [0.3, 0.4) is 0 Å². The molecule has 0 aromatic heterocycles. The zero-order chi connectivity index (χ0) is 53.7. The molecule has 1 aliphatic carbocycles. The number of nitrogens with zero attached hydrogens (tertiary/aromatic N) is 11. The maximum Gasteiger partial charge on any atom is 0.0869 e. The van der Waals surface area contributed by atoms with Crippen molar-refractivity contribution in [2.75, 3.05) is 153 Å². The van der Waals surface area contributed by atoms with Crippen molar-refractivity contribution in [3.63, 3.8) is 0 Å². The molecule has 0 aromatic carbocycles. The third kappa shape index (κ3) is 15.5. The van der Waals surface area contributed by atoms with Crippen LogP contribution in [0.25, 0.3) is 0 Å². The van der Waals surface area contributed by atoms with Crippen LogP contribution in [0.15, 0.2) is 0 Å². The Kier molecular flexibility index (Phi) is 23.0. The number of piperidine rings is 2. The van der Waals surface area contributed by atoms with Gasteiger partial charge in [-0.15, -0.1) is 0 Å². The van der Waals surface area contributed by atoms with Gasteiger partial charge < -0.3 is 29.2 Å². The predicted molar refractivity (Wildman–Crippen MR) is 315 cm³/mol. The fourth-order valence-corrected chi connectivity index (χ4v) is 16.1. The highest BCUT2D eigenvalue weighted by atomic mass is 16.5. The van der Waals surface area contributed by atoms with Crippen LogP contribution in [0.5, 0.6) is 0 Å². The van der Waals surface area contributed by atoms with E-state index in [0.29, 0.717) is 18.2 Å². The molecule has 12 rings (SSSR count). The number of hydrogen-bond donors (Lipinski definition) is 0. The molecule has 0 spiro atoms. The van der Waals surface area contributed by atoms with Crippen molar-refractivity contribution in [3.05, 3.63) is 0 Å². The van der Waals surface area contributed by atoms with Crippen LogP contribution in [-0.2, 0) is 4.74 Å². The van der Waals surface area contributed by atoms with E-state index in [0.717, 1.165) is 115 Å². The Morgan fingerprint density at radius 3 is 1.34 bits per heavy atom. The summed E-state index contributed by atoms with van der Waals surface area (Å²) in [5.74, 6) is 6.99. The lowest BCUT2D eigenvalue weighted by atomic mass is 9.92. The lowest BCUT2D eigenvalue weighted by Crippen LogP contribution is -2.52. The second-order valence-electron chi connectivity index (χ2n) is 28.5. The predicted octanol–water partition coefficient (Wildman–Crippen LogP) is 7.30. The number of likely N-dealkylation sites (N-methyl/N-ethyl adjacent to an activating group) is 5. The normalized spacial score (nSPS) is 38.4. The SMILES string of the molecule is CC(C)N1CC2CCCN(C)C2C1.CC(C)N1CC2CCN(C)C2C1.CC(C)N1CC2CN(C)C2C1.CC(C)N1CC2OCCN(C)C2C1.CC(C)N1CCC2CCN(C)CC21.CC1CCC2CN(C(C)C)CC12. The molecule has 0 aromatic rings. The second kappa shape index (κ2) is 27.8. The summed E-state index contributed by atoms with van der Waals surface area (Å²) < 4.78 is 5.77. The minimum absolute atomic E-state index is 0.459. The van der Waals surface area contributed by atoms with E-state index in [1.807, 2.05) is 0 Å². The van der Waals surface area contributed by atoms with Gasteiger partial charge in [0.05, 0.1) is 12.7 Å². The van der Waals surface area contributed by atoms with Gasteiger partial charge in [-0.25, -0.2) is 0 Å². The summed E-state index contributed by atoms with van der Waals surface area (Å²) in [7, 11) is 11.3. The molecule has 11 saturated heterocycles. The fraction of sp³-hybridized carbons (Fsp3) is 1.00. The standard InChI is InChI=1S/2C11H22N2.C11H21N.C10H20N2O.C10H20N2.C9H18N2/c1-9(2)13-7-5-10-4-6-12(3)8-11(10)13;1-9(2)13-7-10-5-4-6-12(3)11(10)8-13;1-8(2)12-6-10-5-4-9(3)11(10)7-12;1-8(2)12-6-9-10(7-12)13-5-4-11(9)3;1-8(2)12-6-9-4-5-11(3)10(9)7-12;1-7(2)11-5-8-4-10(3)9(8)6-11/h2*9-11H,4-8H2,1-3H3;8-11H,4-7H2,1-3H3;8-10H,4-7H2,1-3H3;8-10H,4-7H2,1-3H3;7-9H,4-6H2,1-3H3. The summed E-state index contributed by atoms with van der Waals surface area (Å²) in [6, 6.07) is 8.49. The molecule has 11 aliphatic heterocycles. The highest BCUT2D eigenvalue weighted by Crippen LogP contribution is 2.42. The maximum atomic E-state index is 5.77. The zero-order valence-corrected chi connectivity index (χ0v) is 52.0. The Morgan fingerprint density at radius 1 is 0.338 bits per heavy atom. The summed E-state index contributed by atoms with van der Waals surface area (Å²) >= 11 is 0. The highest BCUT2D eigenvalue weighted by Gasteiger charge is 2.45. The van der Waals surface area contributed by atoms with Gasteiger partial charge in [0.15, 0.2) is 0 Å². The fourth-order valence-electron chi connectivity index (χ4n) is 16.1. The first kappa shape index (κ1) is 61.1. The van der Waals surface area contributed by atoms with E-state index in [4.69, 9.17) is 4.74 Å². The quantitative estimate of drug-likeness (QED) is 0.269. The first-order valence-electron chi connectivity index (χ1n) is 31.7. The lowest BCUT2D eigenvalue weighted by Gasteiger charge is -2.40. The van der Waals surface area contributed by atoms with Crippen LogP contribution in [0.4, 0.5) is 0 Å². The number of fused-ring (bicyclic) bond motifs is 6. The van der Waals surface area contributed by atoms with Gasteiger partial charge in [0.25, 0.3) is 0 Å². The number of rotatable bonds is 6. The van der Waals surface area contributed by atoms with Gasteiger partial charge in [0.1, 0.15) is 0 Å². The smallest absolute Gasteiger partial charge is 0.0869 e. The van der Waals surface area contributed by atoms with E-state index in [1.54, 1.807) is 0 Å². The Bertz CT molecular complexity index is 1550. The molecule has 12 heteroatoms. The summed E-state index contributed by atoms with van der Waals surface area (Å²) in [5, 5.41) is 0. The van der Waals surface area contributed by atoms with Crippen molar-refractivity contribution < 1.29 is 4.74 Å². The van der Waals surface area contributed by atoms with E-state index >= 15 is 0 Å². The monoisotopic (exact) mass is 1040 g/mol. The Hall–Kier alpha value is -0.480. The second-order valence-corrected chi connectivity index (χ2v) is 28.5. The topological polar surface area (TPSA) is 44.9 Å². The van der Waals surface area contributed by atoms with Crippen molar-refractivity contribution in [1.82, 2.24) is 53.9 Å². The van der Waals surface area contributed by atoms with E-state index in [9.17, 15) is 0 Å². The van der Waals surface area contributed by atoms with Gasteiger partial charge >= 0.3 is 0 Å². The van der Waals surface area contributed by atoms with Crippen LogP contribution in [0.2, 0.25) is 0 Å². The molecule has 0 radical (unpaired) electrons. The summed E-state index contributed by atoms with van der Waals surface area (Å²) in [5.41, 5.74) is 0. The number of morpholine rings is 1. The molecule has 12 aliphatic rings. The van der Waals surface area contributed by atoms with E-state index in [2.05, 4.69) is 179 Å². The maximum absolute atomic E-state index is 5.77. The third-order valence-corrected chi connectivity index (χ3v) is 21.7. The van der Waals surface area contributed by atoms with Gasteiger partial charge in [-0.1, -0.05) is 13.3 Å². The summed E-state index contributed by atoms with van der Waals surface area (Å²) in [4.78, 5) is 28.2. The van der Waals surface area contributed by atoms with Gasteiger partial charge in [0, 0.05) is 157 Å². The van der Waals surface area contributed by atoms with Crippen LogP contribution < -0.4 is 0 Å². The Balaban J connectivity index is 0.000000130. The first-order valence-corrected chi connectivity index (χ1v) is 31.7. The van der Waals surface area contributed by atoms with Crippen molar-refractivity contribution in [3.8, 4) is 0 Å². The molecule has 74 heavy (non-hydrogen) atoms. The molecule has 13 atom stereocenters. The molecule has 13 unspecified atom stereocenters. The molecular weight excluding hydrogens is 915 g/mol. The van der Waals surface area contributed by atoms with E-state index in [1.165, 1.54) is 143 Å². The molecule has 432 valence electrons. The van der Waals surface area contributed by atoms with Crippen LogP contribution >= 0.6 is 0 Å². The molecule has 1 saturated carbocycles. The van der Waals surface area contributed by atoms with Crippen molar-refractivity contribution >= 4 is 0 Å². The molecular formula is C62H123N11O. The first-order chi connectivity index (χ1) is 35.1. The number of ether oxygens (including phenoxy) is 1. The Labute approximate surface area is 458 Å². The minimum atomic E-state index is 0.459. The average Bonchev–Trinajstić information content (AvgIpc) is 4.21. The van der Waals surface area contributed by atoms with Crippen LogP contribution in [0, 0.1) is 41.4 Å². The largest absolute Gasteiger partial charge is 0.374 e. The van der Waals surface area contributed by atoms with Crippen molar-refractivity contribution in [2.45, 2.75) is 208 Å². The number of likely N-dealkylation sites (tertiary alicyclic amines) is 10. The molecule has 12 nitrogen and oxygen atoms in total.